The van der Waals surface area contributed by atoms with Gasteiger partial charge in [-0.15, -0.1) is 0 Å². The number of nitrogens with zero attached hydrogens (tertiary/aromatic N) is 5. The lowest BCUT2D eigenvalue weighted by Gasteiger charge is -2.22. The zero-order valence-electron chi connectivity index (χ0n) is 13.2. The first-order chi connectivity index (χ1) is 11.6. The van der Waals surface area contributed by atoms with Crippen LogP contribution >= 0.6 is 0 Å². The smallest absolute Gasteiger partial charge is 0.224 e. The molecule has 122 valence electrons. The second-order valence-electron chi connectivity index (χ2n) is 5.22. The number of benzene rings is 1. The van der Waals surface area contributed by atoms with Crippen molar-refractivity contribution >= 4 is 34.9 Å². The van der Waals surface area contributed by atoms with Gasteiger partial charge < -0.3 is 16.4 Å². The number of carbonyl (C=O) groups excluding carboxylic acids is 1. The third-order valence-corrected chi connectivity index (χ3v) is 3.63. The van der Waals surface area contributed by atoms with Gasteiger partial charge in [-0.3, -0.25) is 4.79 Å². The Hall–Kier alpha value is -3.29. The predicted molar refractivity (Wildman–Crippen MR) is 92.5 cm³/mol. The molecular formula is C16H17N7O. The van der Waals surface area contributed by atoms with Crippen molar-refractivity contribution in [1.82, 2.24) is 19.9 Å². The van der Waals surface area contributed by atoms with Crippen molar-refractivity contribution in [2.75, 3.05) is 22.9 Å². The third kappa shape index (κ3) is 3.07. The summed E-state index contributed by atoms with van der Waals surface area (Å²) < 4.78 is 0. The molecule has 0 saturated carbocycles. The van der Waals surface area contributed by atoms with Crippen molar-refractivity contribution in [3.63, 3.8) is 0 Å². The fourth-order valence-electron chi connectivity index (χ4n) is 2.40. The van der Waals surface area contributed by atoms with E-state index in [0.29, 0.717) is 23.3 Å². The molecule has 0 aliphatic rings. The fourth-order valence-corrected chi connectivity index (χ4v) is 2.40. The number of hydrogen-bond acceptors (Lipinski definition) is 8. The number of carbonyl (C=O) groups is 1. The molecule has 2 heterocycles. The lowest BCUT2D eigenvalue weighted by atomic mass is 10.2. The van der Waals surface area contributed by atoms with E-state index in [0.717, 1.165) is 24.2 Å². The Morgan fingerprint density at radius 1 is 1.12 bits per heavy atom. The average molecular weight is 323 g/mol. The number of anilines is 3. The molecule has 4 N–H and O–H groups in total. The molecule has 0 saturated heterocycles. The molecule has 3 rings (SSSR count). The number of nitrogen functional groups attached to an aromatic ring is 2. The van der Waals surface area contributed by atoms with E-state index in [1.807, 2.05) is 19.1 Å². The summed E-state index contributed by atoms with van der Waals surface area (Å²) in [5.74, 6) is 0.290. The van der Waals surface area contributed by atoms with Crippen LogP contribution in [0.25, 0.3) is 11.2 Å². The minimum atomic E-state index is 0.0764. The second-order valence-corrected chi connectivity index (χ2v) is 5.22. The minimum Gasteiger partial charge on any atom is -0.382 e. The lowest BCUT2D eigenvalue weighted by molar-refractivity contribution is 0.112. The van der Waals surface area contributed by atoms with Gasteiger partial charge in [-0.1, -0.05) is 0 Å². The Kier molecular flexibility index (Phi) is 4.19. The normalized spacial score (nSPS) is 10.7. The van der Waals surface area contributed by atoms with E-state index in [1.54, 1.807) is 18.3 Å². The van der Waals surface area contributed by atoms with Gasteiger partial charge in [0.25, 0.3) is 0 Å². The van der Waals surface area contributed by atoms with Crippen molar-refractivity contribution in [3.8, 4) is 0 Å². The first-order valence-electron chi connectivity index (χ1n) is 7.45. The highest BCUT2D eigenvalue weighted by molar-refractivity contribution is 5.81. The summed E-state index contributed by atoms with van der Waals surface area (Å²) in [6.45, 7) is 3.36. The number of aromatic nitrogens is 4. The summed E-state index contributed by atoms with van der Waals surface area (Å²) in [6, 6.07) is 7.37. The highest BCUT2D eigenvalue weighted by atomic mass is 16.1. The van der Waals surface area contributed by atoms with Crippen molar-refractivity contribution in [1.29, 1.82) is 0 Å². The zero-order chi connectivity index (χ0) is 17.1. The lowest BCUT2D eigenvalue weighted by Crippen LogP contribution is -2.22. The molecule has 3 aromatic rings. The SMILES string of the molecule is CCN(Cc1cnc2nc(N)nc(N)c2n1)c1ccc(C=O)cc1. The molecule has 0 aliphatic carbocycles. The van der Waals surface area contributed by atoms with Crippen LogP contribution in [0.15, 0.2) is 30.5 Å². The van der Waals surface area contributed by atoms with Crippen LogP contribution in [-0.2, 0) is 6.54 Å². The van der Waals surface area contributed by atoms with E-state index in [-0.39, 0.29) is 11.8 Å². The first kappa shape index (κ1) is 15.6. The van der Waals surface area contributed by atoms with Crippen molar-refractivity contribution in [2.45, 2.75) is 13.5 Å². The third-order valence-electron chi connectivity index (χ3n) is 3.63. The molecular weight excluding hydrogens is 306 g/mol. The summed E-state index contributed by atoms with van der Waals surface area (Å²) in [6.07, 6.45) is 2.47. The summed E-state index contributed by atoms with van der Waals surface area (Å²) in [4.78, 5) is 29.6. The summed E-state index contributed by atoms with van der Waals surface area (Å²) >= 11 is 0. The maximum atomic E-state index is 10.8. The van der Waals surface area contributed by atoms with E-state index in [9.17, 15) is 4.79 Å². The molecule has 0 aliphatic heterocycles. The predicted octanol–water partition coefficient (Wildman–Crippen LogP) is 1.42. The van der Waals surface area contributed by atoms with E-state index in [1.165, 1.54) is 0 Å². The Morgan fingerprint density at radius 3 is 2.54 bits per heavy atom. The average Bonchev–Trinajstić information content (AvgIpc) is 2.60. The van der Waals surface area contributed by atoms with Gasteiger partial charge in [-0.05, 0) is 31.2 Å². The maximum absolute atomic E-state index is 10.8. The Balaban J connectivity index is 1.90. The minimum absolute atomic E-state index is 0.0764. The maximum Gasteiger partial charge on any atom is 0.224 e. The molecule has 2 aromatic heterocycles. The second kappa shape index (κ2) is 6.45. The number of aldehydes is 1. The van der Waals surface area contributed by atoms with Gasteiger partial charge in [0.1, 0.15) is 6.29 Å². The Bertz CT molecular complexity index is 879. The summed E-state index contributed by atoms with van der Waals surface area (Å²) in [5, 5.41) is 0. The van der Waals surface area contributed by atoms with Gasteiger partial charge in [-0.2, -0.15) is 9.97 Å². The van der Waals surface area contributed by atoms with Crippen LogP contribution in [0, 0.1) is 0 Å². The van der Waals surface area contributed by atoms with Gasteiger partial charge in [-0.25, -0.2) is 9.97 Å². The van der Waals surface area contributed by atoms with Crippen LogP contribution in [0.2, 0.25) is 0 Å². The summed E-state index contributed by atoms with van der Waals surface area (Å²) in [7, 11) is 0. The zero-order valence-corrected chi connectivity index (χ0v) is 13.2. The molecule has 8 heteroatoms. The quantitative estimate of drug-likeness (QED) is 0.676. The number of fused-ring (bicyclic) bond motifs is 1. The van der Waals surface area contributed by atoms with Crippen LogP contribution in [0.1, 0.15) is 23.0 Å². The standard InChI is InChI=1S/C16H17N7O/c1-2-23(12-5-3-10(9-24)4-6-12)8-11-7-19-15-13(20-11)14(17)21-16(18)22-15/h3-7,9H,2,8H2,1H3,(H4,17,18,19,21,22). The van der Waals surface area contributed by atoms with Gasteiger partial charge in [0, 0.05) is 17.8 Å². The number of rotatable bonds is 5. The van der Waals surface area contributed by atoms with E-state index >= 15 is 0 Å². The van der Waals surface area contributed by atoms with Gasteiger partial charge in [0.2, 0.25) is 5.95 Å². The number of nitrogens with two attached hydrogens (primary N) is 2. The molecule has 0 atom stereocenters. The van der Waals surface area contributed by atoms with Crippen LogP contribution < -0.4 is 16.4 Å². The highest BCUT2D eigenvalue weighted by Gasteiger charge is 2.11. The monoisotopic (exact) mass is 323 g/mol. The van der Waals surface area contributed by atoms with E-state index in [4.69, 9.17) is 11.5 Å². The van der Waals surface area contributed by atoms with Gasteiger partial charge in [0.15, 0.2) is 17.0 Å². The molecule has 0 bridgehead atoms. The van der Waals surface area contributed by atoms with Gasteiger partial charge in [0.05, 0.1) is 18.4 Å². The van der Waals surface area contributed by atoms with E-state index < -0.39 is 0 Å². The Morgan fingerprint density at radius 2 is 1.88 bits per heavy atom. The molecule has 0 fully saturated rings. The van der Waals surface area contributed by atoms with Crippen molar-refractivity contribution in [3.05, 3.63) is 41.7 Å². The van der Waals surface area contributed by atoms with Crippen LogP contribution in [0.4, 0.5) is 17.5 Å². The van der Waals surface area contributed by atoms with Crippen molar-refractivity contribution < 1.29 is 4.79 Å². The van der Waals surface area contributed by atoms with Gasteiger partial charge >= 0.3 is 0 Å². The van der Waals surface area contributed by atoms with Crippen LogP contribution in [-0.4, -0.2) is 32.8 Å². The largest absolute Gasteiger partial charge is 0.382 e. The molecule has 0 radical (unpaired) electrons. The fraction of sp³-hybridized carbons (Fsp3) is 0.188. The first-order valence-corrected chi connectivity index (χ1v) is 7.45. The van der Waals surface area contributed by atoms with E-state index in [2.05, 4.69) is 24.8 Å². The van der Waals surface area contributed by atoms with Crippen molar-refractivity contribution in [2.24, 2.45) is 0 Å². The topological polar surface area (TPSA) is 124 Å². The highest BCUT2D eigenvalue weighted by Crippen LogP contribution is 2.19. The molecule has 24 heavy (non-hydrogen) atoms. The Labute approximate surface area is 138 Å². The summed E-state index contributed by atoms with van der Waals surface area (Å²) in [5.41, 5.74) is 14.6. The molecule has 0 unspecified atom stereocenters. The van der Waals surface area contributed by atoms with Crippen LogP contribution in [0.3, 0.4) is 0 Å². The molecule has 8 nitrogen and oxygen atoms in total. The molecule has 0 amide bonds. The molecule has 0 spiro atoms. The number of hydrogen-bond donors (Lipinski definition) is 2. The van der Waals surface area contributed by atoms with Crippen LogP contribution in [0.5, 0.6) is 0 Å². The molecule has 1 aromatic carbocycles.